The van der Waals surface area contributed by atoms with Gasteiger partial charge in [0.1, 0.15) is 17.3 Å². The van der Waals surface area contributed by atoms with Gasteiger partial charge in [-0.25, -0.2) is 4.98 Å². The monoisotopic (exact) mass is 503 g/mol. The number of pyridine rings is 1. The van der Waals surface area contributed by atoms with E-state index in [4.69, 9.17) is 21.3 Å². The van der Waals surface area contributed by atoms with Gasteiger partial charge in [-0.05, 0) is 73.0 Å². The Morgan fingerprint density at radius 2 is 1.86 bits per heavy atom. The van der Waals surface area contributed by atoms with Crippen molar-refractivity contribution in [1.29, 1.82) is 0 Å². The summed E-state index contributed by atoms with van der Waals surface area (Å²) in [5.41, 5.74) is 3.43. The number of aromatic nitrogens is 1. The zero-order chi connectivity index (χ0) is 24.8. The Morgan fingerprint density at radius 1 is 1.11 bits per heavy atom. The van der Waals surface area contributed by atoms with E-state index in [0.717, 1.165) is 62.5 Å². The van der Waals surface area contributed by atoms with E-state index in [-0.39, 0.29) is 11.5 Å². The molecule has 186 valence electrons. The van der Waals surface area contributed by atoms with Crippen LogP contribution in [0.5, 0.6) is 11.5 Å². The van der Waals surface area contributed by atoms with E-state index in [1.54, 1.807) is 24.3 Å². The molecular weight excluding hydrogens is 476 g/mol. The van der Waals surface area contributed by atoms with Crippen LogP contribution in [0, 0.1) is 6.92 Å². The Labute approximate surface area is 208 Å². The number of anilines is 1. The molecule has 0 aliphatic carbocycles. The molecule has 0 radical (unpaired) electrons. The number of nitrogens with zero attached hydrogens (tertiary/aromatic N) is 2. The fourth-order valence-electron chi connectivity index (χ4n) is 3.97. The number of phenolic OH excluding ortho intramolecular Hbond substituents is 1. The number of halogens is 3. The highest BCUT2D eigenvalue weighted by Gasteiger charge is 2.14. The second-order valence-corrected chi connectivity index (χ2v) is 8.79. The minimum atomic E-state index is -2.88. The third-order valence-electron chi connectivity index (χ3n) is 5.85. The van der Waals surface area contributed by atoms with Crippen LogP contribution >= 0.6 is 11.6 Å². The van der Waals surface area contributed by atoms with Gasteiger partial charge >= 0.3 is 6.61 Å². The van der Waals surface area contributed by atoms with Crippen molar-refractivity contribution in [2.75, 3.05) is 44.7 Å². The first-order valence-electron chi connectivity index (χ1n) is 11.5. The topological polar surface area (TPSA) is 66.9 Å². The molecule has 2 N–H and O–H groups in total. The average molecular weight is 504 g/mol. The molecule has 2 heterocycles. The average Bonchev–Trinajstić information content (AvgIpc) is 2.85. The molecule has 0 spiro atoms. The molecule has 1 aliphatic rings. The van der Waals surface area contributed by atoms with Gasteiger partial charge in [0.15, 0.2) is 0 Å². The molecule has 0 bridgehead atoms. The summed E-state index contributed by atoms with van der Waals surface area (Å²) in [7, 11) is 0. The lowest BCUT2D eigenvalue weighted by atomic mass is 10.0. The number of rotatable bonds is 9. The molecule has 3 aromatic rings. The van der Waals surface area contributed by atoms with Crippen molar-refractivity contribution in [2.45, 2.75) is 20.0 Å². The molecule has 0 saturated carbocycles. The van der Waals surface area contributed by atoms with E-state index < -0.39 is 6.61 Å². The maximum atomic E-state index is 12.5. The van der Waals surface area contributed by atoms with Gasteiger partial charge in [0, 0.05) is 30.2 Å². The van der Waals surface area contributed by atoms with Gasteiger partial charge in [-0.15, -0.1) is 0 Å². The molecule has 35 heavy (non-hydrogen) atoms. The first kappa shape index (κ1) is 25.2. The molecule has 0 atom stereocenters. The quantitative estimate of drug-likeness (QED) is 0.359. The highest BCUT2D eigenvalue weighted by Crippen LogP contribution is 2.36. The van der Waals surface area contributed by atoms with Gasteiger partial charge in [0.05, 0.1) is 18.9 Å². The maximum Gasteiger partial charge on any atom is 0.387 e. The lowest BCUT2D eigenvalue weighted by Gasteiger charge is -2.26. The molecule has 1 aliphatic heterocycles. The zero-order valence-corrected chi connectivity index (χ0v) is 20.2. The number of aryl methyl sites for hydroxylation is 1. The SMILES string of the molecule is Cc1cc(O)c(-c2cc(-c3ccc(OC(F)F)cc3)cc(NCCCN3CCOCC3)n2)cc1Cl. The normalized spacial score (nSPS) is 14.3. The molecule has 1 aromatic heterocycles. The van der Waals surface area contributed by atoms with E-state index >= 15 is 0 Å². The molecule has 0 amide bonds. The molecule has 4 rings (SSSR count). The van der Waals surface area contributed by atoms with E-state index in [9.17, 15) is 13.9 Å². The summed E-state index contributed by atoms with van der Waals surface area (Å²) in [6.45, 7) is 4.04. The smallest absolute Gasteiger partial charge is 0.387 e. The number of nitrogens with one attached hydrogen (secondary N) is 1. The van der Waals surface area contributed by atoms with E-state index in [2.05, 4.69) is 15.0 Å². The summed E-state index contributed by atoms with van der Waals surface area (Å²) in [6, 6.07) is 13.4. The largest absolute Gasteiger partial charge is 0.507 e. The Morgan fingerprint density at radius 3 is 2.57 bits per heavy atom. The Kier molecular flexibility index (Phi) is 8.38. The number of ether oxygens (including phenoxy) is 2. The molecule has 2 aromatic carbocycles. The number of alkyl halides is 2. The number of hydrogen-bond donors (Lipinski definition) is 2. The van der Waals surface area contributed by atoms with Crippen LogP contribution in [0.3, 0.4) is 0 Å². The highest BCUT2D eigenvalue weighted by atomic mass is 35.5. The second kappa shape index (κ2) is 11.7. The van der Waals surface area contributed by atoms with Crippen LogP contribution in [0.25, 0.3) is 22.4 Å². The molecule has 9 heteroatoms. The van der Waals surface area contributed by atoms with Crippen LogP contribution in [0.2, 0.25) is 5.02 Å². The summed E-state index contributed by atoms with van der Waals surface area (Å²) in [5, 5.41) is 14.5. The van der Waals surface area contributed by atoms with E-state index in [0.29, 0.717) is 22.1 Å². The highest BCUT2D eigenvalue weighted by molar-refractivity contribution is 6.31. The van der Waals surface area contributed by atoms with Gasteiger partial charge in [-0.3, -0.25) is 4.90 Å². The van der Waals surface area contributed by atoms with Crippen LogP contribution < -0.4 is 10.1 Å². The molecular formula is C26H28ClF2N3O3. The lowest BCUT2D eigenvalue weighted by molar-refractivity contribution is -0.0498. The number of morpholine rings is 1. The van der Waals surface area contributed by atoms with Crippen LogP contribution in [-0.4, -0.2) is 61.0 Å². The first-order valence-corrected chi connectivity index (χ1v) is 11.9. The number of benzene rings is 2. The standard InChI is InChI=1S/C26H28ClF2N3O3/c1-17-13-24(33)21(16-22(17)27)23-14-19(18-3-5-20(6-4-18)35-26(28)29)15-25(31-23)30-7-2-8-32-9-11-34-12-10-32/h3-6,13-16,26,33H,2,7-12H2,1H3,(H,30,31). The summed E-state index contributed by atoms with van der Waals surface area (Å²) in [5.74, 6) is 0.807. The summed E-state index contributed by atoms with van der Waals surface area (Å²) in [6.07, 6.45) is 0.933. The minimum absolute atomic E-state index is 0.0792. The van der Waals surface area contributed by atoms with Crippen molar-refractivity contribution in [3.63, 3.8) is 0 Å². The molecule has 6 nitrogen and oxygen atoms in total. The van der Waals surface area contributed by atoms with Gasteiger partial charge < -0.3 is 19.9 Å². The van der Waals surface area contributed by atoms with Crippen molar-refractivity contribution in [1.82, 2.24) is 9.88 Å². The number of phenols is 1. The van der Waals surface area contributed by atoms with Gasteiger partial charge in [-0.1, -0.05) is 23.7 Å². The summed E-state index contributed by atoms with van der Waals surface area (Å²) < 4.78 is 34.9. The van der Waals surface area contributed by atoms with Crippen molar-refractivity contribution < 1.29 is 23.4 Å². The zero-order valence-electron chi connectivity index (χ0n) is 19.4. The Balaban J connectivity index is 1.58. The molecule has 1 saturated heterocycles. The second-order valence-electron chi connectivity index (χ2n) is 8.38. The van der Waals surface area contributed by atoms with E-state index in [1.165, 1.54) is 12.1 Å². The fourth-order valence-corrected chi connectivity index (χ4v) is 4.13. The minimum Gasteiger partial charge on any atom is -0.507 e. The molecule has 0 unspecified atom stereocenters. The third kappa shape index (κ3) is 6.81. The van der Waals surface area contributed by atoms with Gasteiger partial charge in [-0.2, -0.15) is 8.78 Å². The molecule has 1 fully saturated rings. The van der Waals surface area contributed by atoms with Crippen LogP contribution in [-0.2, 0) is 4.74 Å². The first-order chi connectivity index (χ1) is 16.9. The van der Waals surface area contributed by atoms with Crippen LogP contribution in [0.4, 0.5) is 14.6 Å². The van der Waals surface area contributed by atoms with Gasteiger partial charge in [0.2, 0.25) is 0 Å². The fraction of sp³-hybridized carbons (Fsp3) is 0.346. The predicted molar refractivity (Wildman–Crippen MR) is 134 cm³/mol. The van der Waals surface area contributed by atoms with Crippen molar-refractivity contribution in [2.24, 2.45) is 0 Å². The number of hydrogen-bond acceptors (Lipinski definition) is 6. The van der Waals surface area contributed by atoms with Gasteiger partial charge in [0.25, 0.3) is 0 Å². The van der Waals surface area contributed by atoms with Crippen molar-refractivity contribution in [3.8, 4) is 33.9 Å². The van der Waals surface area contributed by atoms with Crippen molar-refractivity contribution in [3.05, 3.63) is 59.1 Å². The predicted octanol–water partition coefficient (Wildman–Crippen LogP) is 5.82. The van der Waals surface area contributed by atoms with Crippen molar-refractivity contribution >= 4 is 17.4 Å². The number of aromatic hydroxyl groups is 1. The summed E-state index contributed by atoms with van der Waals surface area (Å²) >= 11 is 6.32. The maximum absolute atomic E-state index is 12.5. The van der Waals surface area contributed by atoms with Crippen LogP contribution in [0.1, 0.15) is 12.0 Å². The Bertz CT molecular complexity index is 1140. The van der Waals surface area contributed by atoms with Crippen LogP contribution in [0.15, 0.2) is 48.5 Å². The Hall–Kier alpha value is -2.94. The lowest BCUT2D eigenvalue weighted by Crippen LogP contribution is -2.37. The summed E-state index contributed by atoms with van der Waals surface area (Å²) in [4.78, 5) is 7.09. The van der Waals surface area contributed by atoms with E-state index in [1.807, 2.05) is 19.1 Å². The third-order valence-corrected chi connectivity index (χ3v) is 6.26.